The van der Waals surface area contributed by atoms with Crippen molar-refractivity contribution in [2.45, 2.75) is 6.54 Å². The van der Waals surface area contributed by atoms with Gasteiger partial charge in [0.1, 0.15) is 5.75 Å². The molecule has 0 aliphatic heterocycles. The average Bonchev–Trinajstić information content (AvgIpc) is 2.62. The second-order valence-corrected chi connectivity index (χ2v) is 2.74. The minimum absolute atomic E-state index is 0.189. The molecule has 0 aliphatic carbocycles. The van der Waals surface area contributed by atoms with Gasteiger partial charge in [-0.3, -0.25) is 4.98 Å². The number of aromatic hydroxyl groups is 1. The van der Waals surface area contributed by atoms with Crippen LogP contribution in [0.25, 0.3) is 0 Å². The number of hydrogen-bond acceptors (Lipinski definition) is 3. The van der Waals surface area contributed by atoms with E-state index in [4.69, 9.17) is 5.11 Å². The van der Waals surface area contributed by atoms with Crippen LogP contribution in [-0.2, 0) is 6.54 Å². The van der Waals surface area contributed by atoms with Crippen molar-refractivity contribution in [2.75, 3.05) is 0 Å². The monoisotopic (exact) mass is 175 g/mol. The number of aromatic nitrogens is 3. The molecule has 0 saturated carbocycles. The first-order valence-electron chi connectivity index (χ1n) is 3.94. The molecule has 0 fully saturated rings. The van der Waals surface area contributed by atoms with Crippen molar-refractivity contribution in [3.63, 3.8) is 0 Å². The molecule has 0 atom stereocenters. The Labute approximate surface area is 75.5 Å². The van der Waals surface area contributed by atoms with Gasteiger partial charge in [0.2, 0.25) is 0 Å². The highest BCUT2D eigenvalue weighted by atomic mass is 16.3. The zero-order valence-corrected chi connectivity index (χ0v) is 6.96. The quantitative estimate of drug-likeness (QED) is 0.741. The number of pyridine rings is 1. The van der Waals surface area contributed by atoms with E-state index in [0.29, 0.717) is 6.54 Å². The molecular weight excluding hydrogens is 166 g/mol. The maximum atomic E-state index is 9.00. The Morgan fingerprint density at radius 2 is 2.31 bits per heavy atom. The summed E-state index contributed by atoms with van der Waals surface area (Å²) in [6.45, 7) is 0.681. The SMILES string of the molecule is Oc1ccc(Cn2ccnc2)nc1. The molecule has 2 heterocycles. The van der Waals surface area contributed by atoms with Crippen LogP contribution in [0.5, 0.6) is 5.75 Å². The highest BCUT2D eigenvalue weighted by Crippen LogP contribution is 2.06. The molecule has 0 aromatic carbocycles. The standard InChI is InChI=1S/C9H9N3O/c13-9-2-1-8(11-5-9)6-12-4-3-10-7-12/h1-5,7,13H,6H2. The fraction of sp³-hybridized carbons (Fsp3) is 0.111. The van der Waals surface area contributed by atoms with E-state index in [-0.39, 0.29) is 5.75 Å². The maximum Gasteiger partial charge on any atom is 0.133 e. The Morgan fingerprint density at radius 3 is 2.92 bits per heavy atom. The summed E-state index contributed by atoms with van der Waals surface area (Å²) >= 11 is 0. The van der Waals surface area contributed by atoms with Crippen molar-refractivity contribution in [1.82, 2.24) is 14.5 Å². The Hall–Kier alpha value is -1.84. The average molecular weight is 175 g/mol. The van der Waals surface area contributed by atoms with E-state index in [1.165, 1.54) is 6.20 Å². The molecular formula is C9H9N3O. The smallest absolute Gasteiger partial charge is 0.133 e. The van der Waals surface area contributed by atoms with Crippen LogP contribution in [0, 0.1) is 0 Å². The molecule has 0 unspecified atom stereocenters. The summed E-state index contributed by atoms with van der Waals surface area (Å²) < 4.78 is 1.92. The van der Waals surface area contributed by atoms with Gasteiger partial charge in [0, 0.05) is 12.4 Å². The summed E-state index contributed by atoms with van der Waals surface area (Å²) in [6, 6.07) is 3.41. The van der Waals surface area contributed by atoms with Crippen molar-refractivity contribution >= 4 is 0 Å². The van der Waals surface area contributed by atoms with Crippen molar-refractivity contribution in [3.05, 3.63) is 42.7 Å². The summed E-state index contributed by atoms with van der Waals surface area (Å²) in [6.07, 6.45) is 6.76. The van der Waals surface area contributed by atoms with Gasteiger partial charge >= 0.3 is 0 Å². The lowest BCUT2D eigenvalue weighted by Gasteiger charge is -2.00. The van der Waals surface area contributed by atoms with Gasteiger partial charge in [0.25, 0.3) is 0 Å². The van der Waals surface area contributed by atoms with Gasteiger partial charge in [-0.25, -0.2) is 4.98 Å². The molecule has 4 nitrogen and oxygen atoms in total. The highest BCUT2D eigenvalue weighted by molar-refractivity contribution is 5.18. The molecule has 2 aromatic rings. The highest BCUT2D eigenvalue weighted by Gasteiger charge is 1.95. The zero-order valence-electron chi connectivity index (χ0n) is 6.96. The van der Waals surface area contributed by atoms with Gasteiger partial charge in [0.15, 0.2) is 0 Å². The predicted octanol–water partition coefficient (Wildman–Crippen LogP) is 1.03. The Bertz CT molecular complexity index is 366. The van der Waals surface area contributed by atoms with Crippen LogP contribution < -0.4 is 0 Å². The van der Waals surface area contributed by atoms with E-state index in [2.05, 4.69) is 9.97 Å². The van der Waals surface area contributed by atoms with Gasteiger partial charge in [-0.2, -0.15) is 0 Å². The number of rotatable bonds is 2. The molecule has 0 radical (unpaired) electrons. The Morgan fingerprint density at radius 1 is 1.38 bits per heavy atom. The molecule has 66 valence electrons. The number of nitrogens with zero attached hydrogens (tertiary/aromatic N) is 3. The third kappa shape index (κ3) is 1.84. The molecule has 13 heavy (non-hydrogen) atoms. The minimum atomic E-state index is 0.189. The fourth-order valence-electron chi connectivity index (χ4n) is 1.08. The zero-order chi connectivity index (χ0) is 9.10. The summed E-state index contributed by atoms with van der Waals surface area (Å²) in [5.74, 6) is 0.189. The Kier molecular flexibility index (Phi) is 1.96. The van der Waals surface area contributed by atoms with Crippen LogP contribution in [0.2, 0.25) is 0 Å². The van der Waals surface area contributed by atoms with Crippen LogP contribution in [-0.4, -0.2) is 19.6 Å². The molecule has 4 heteroatoms. The molecule has 2 aromatic heterocycles. The second-order valence-electron chi connectivity index (χ2n) is 2.74. The first kappa shape index (κ1) is 7.79. The predicted molar refractivity (Wildman–Crippen MR) is 47.2 cm³/mol. The third-order valence-electron chi connectivity index (χ3n) is 1.71. The normalized spacial score (nSPS) is 10.2. The van der Waals surface area contributed by atoms with E-state index < -0.39 is 0 Å². The molecule has 0 spiro atoms. The van der Waals surface area contributed by atoms with Gasteiger partial charge in [-0.1, -0.05) is 0 Å². The van der Waals surface area contributed by atoms with Crippen LogP contribution in [0.4, 0.5) is 0 Å². The summed E-state index contributed by atoms with van der Waals surface area (Å²) in [5.41, 5.74) is 0.899. The van der Waals surface area contributed by atoms with E-state index >= 15 is 0 Å². The topological polar surface area (TPSA) is 50.9 Å². The molecule has 0 amide bonds. The molecule has 0 bridgehead atoms. The number of imidazole rings is 1. The van der Waals surface area contributed by atoms with Crippen molar-refractivity contribution in [1.29, 1.82) is 0 Å². The number of hydrogen-bond donors (Lipinski definition) is 1. The van der Waals surface area contributed by atoms with E-state index in [1.54, 1.807) is 24.7 Å². The van der Waals surface area contributed by atoms with E-state index in [9.17, 15) is 0 Å². The molecule has 2 rings (SSSR count). The largest absolute Gasteiger partial charge is 0.506 e. The second kappa shape index (κ2) is 3.26. The lowest BCUT2D eigenvalue weighted by Crippen LogP contribution is -1.98. The van der Waals surface area contributed by atoms with Crippen LogP contribution in [0.1, 0.15) is 5.69 Å². The first-order chi connectivity index (χ1) is 6.34. The fourth-order valence-corrected chi connectivity index (χ4v) is 1.08. The first-order valence-corrected chi connectivity index (χ1v) is 3.94. The maximum absolute atomic E-state index is 9.00. The lowest BCUT2D eigenvalue weighted by atomic mass is 10.3. The lowest BCUT2D eigenvalue weighted by molar-refractivity contribution is 0.472. The Balaban J connectivity index is 2.15. The molecule has 0 saturated heterocycles. The molecule has 0 aliphatic rings. The minimum Gasteiger partial charge on any atom is -0.506 e. The summed E-state index contributed by atoms with van der Waals surface area (Å²) in [5, 5.41) is 9.00. The third-order valence-corrected chi connectivity index (χ3v) is 1.71. The van der Waals surface area contributed by atoms with Gasteiger partial charge in [-0.05, 0) is 12.1 Å². The van der Waals surface area contributed by atoms with Gasteiger partial charge in [0.05, 0.1) is 24.8 Å². The van der Waals surface area contributed by atoms with Crippen LogP contribution in [0.15, 0.2) is 37.1 Å². The van der Waals surface area contributed by atoms with Crippen LogP contribution >= 0.6 is 0 Å². The van der Waals surface area contributed by atoms with Gasteiger partial charge in [-0.15, -0.1) is 0 Å². The van der Waals surface area contributed by atoms with Crippen LogP contribution in [0.3, 0.4) is 0 Å². The van der Waals surface area contributed by atoms with E-state index in [1.807, 2.05) is 10.8 Å². The van der Waals surface area contributed by atoms with Crippen molar-refractivity contribution < 1.29 is 5.11 Å². The van der Waals surface area contributed by atoms with Crippen molar-refractivity contribution in [2.24, 2.45) is 0 Å². The molecule has 1 N–H and O–H groups in total. The summed E-state index contributed by atoms with van der Waals surface area (Å²) in [7, 11) is 0. The van der Waals surface area contributed by atoms with E-state index in [0.717, 1.165) is 5.69 Å². The summed E-state index contributed by atoms with van der Waals surface area (Å²) in [4.78, 5) is 7.98. The van der Waals surface area contributed by atoms with Gasteiger partial charge < -0.3 is 9.67 Å². The van der Waals surface area contributed by atoms with Crippen molar-refractivity contribution in [3.8, 4) is 5.75 Å².